The normalized spacial score (nSPS) is 12.3. The molecule has 5 heteroatoms. The maximum absolute atomic E-state index is 12.1. The molecule has 1 atom stereocenters. The number of benzene rings is 1. The zero-order chi connectivity index (χ0) is 17.2. The molecule has 23 heavy (non-hydrogen) atoms. The van der Waals surface area contributed by atoms with Crippen LogP contribution >= 0.6 is 0 Å². The van der Waals surface area contributed by atoms with Crippen molar-refractivity contribution in [2.75, 3.05) is 20.1 Å². The summed E-state index contributed by atoms with van der Waals surface area (Å²) in [6.07, 6.45) is 0.875. The third-order valence-electron chi connectivity index (χ3n) is 3.62. The predicted molar refractivity (Wildman–Crippen MR) is 92.8 cm³/mol. The van der Waals surface area contributed by atoms with Crippen LogP contribution in [0.2, 0.25) is 0 Å². The highest BCUT2D eigenvalue weighted by Crippen LogP contribution is 2.03. The number of carbonyl (C=O) groups is 2. The van der Waals surface area contributed by atoms with Crippen molar-refractivity contribution >= 4 is 11.8 Å². The van der Waals surface area contributed by atoms with Crippen molar-refractivity contribution in [1.29, 1.82) is 0 Å². The lowest BCUT2D eigenvalue weighted by Gasteiger charge is -2.21. The summed E-state index contributed by atoms with van der Waals surface area (Å²) in [6, 6.07) is 9.85. The number of nitrogens with one attached hydrogen (secondary N) is 2. The molecule has 0 radical (unpaired) electrons. The van der Waals surface area contributed by atoms with Crippen molar-refractivity contribution < 1.29 is 9.59 Å². The Labute approximate surface area is 139 Å². The Morgan fingerprint density at radius 2 is 1.83 bits per heavy atom. The van der Waals surface area contributed by atoms with E-state index in [0.29, 0.717) is 6.54 Å². The molecule has 0 spiro atoms. The topological polar surface area (TPSA) is 61.4 Å². The molecule has 0 fully saturated rings. The first kappa shape index (κ1) is 19.2. The summed E-state index contributed by atoms with van der Waals surface area (Å²) in [5.74, 6) is -0.220. The van der Waals surface area contributed by atoms with Crippen molar-refractivity contribution in [3.63, 3.8) is 0 Å². The minimum Gasteiger partial charge on any atom is -0.354 e. The fourth-order valence-corrected chi connectivity index (χ4v) is 2.40. The lowest BCUT2D eigenvalue weighted by molar-refractivity contribution is -0.129. The third kappa shape index (κ3) is 7.79. The number of hydrogen-bond acceptors (Lipinski definition) is 3. The van der Waals surface area contributed by atoms with Gasteiger partial charge in [-0.2, -0.15) is 0 Å². The summed E-state index contributed by atoms with van der Waals surface area (Å²) < 4.78 is 0. The SMILES string of the molecule is CC(=O)NC(C(=O)NCCCN(C)Cc1ccccc1)C(C)C. The Morgan fingerprint density at radius 3 is 2.39 bits per heavy atom. The van der Waals surface area contributed by atoms with Crippen LogP contribution in [0.5, 0.6) is 0 Å². The minimum absolute atomic E-state index is 0.0691. The quantitative estimate of drug-likeness (QED) is 0.682. The molecule has 0 aromatic heterocycles. The number of hydrogen-bond donors (Lipinski definition) is 2. The van der Waals surface area contributed by atoms with Gasteiger partial charge in [0.2, 0.25) is 11.8 Å². The van der Waals surface area contributed by atoms with Gasteiger partial charge in [-0.25, -0.2) is 0 Å². The van der Waals surface area contributed by atoms with Crippen LogP contribution in [0.3, 0.4) is 0 Å². The van der Waals surface area contributed by atoms with E-state index < -0.39 is 6.04 Å². The van der Waals surface area contributed by atoms with Crippen molar-refractivity contribution in [1.82, 2.24) is 15.5 Å². The molecular weight excluding hydrogens is 290 g/mol. The van der Waals surface area contributed by atoms with Gasteiger partial charge in [0.1, 0.15) is 6.04 Å². The molecular formula is C18H29N3O2. The van der Waals surface area contributed by atoms with E-state index in [1.165, 1.54) is 12.5 Å². The summed E-state index contributed by atoms with van der Waals surface area (Å²) >= 11 is 0. The van der Waals surface area contributed by atoms with Gasteiger partial charge in [-0.15, -0.1) is 0 Å². The first-order valence-corrected chi connectivity index (χ1v) is 8.17. The number of carbonyl (C=O) groups excluding carboxylic acids is 2. The van der Waals surface area contributed by atoms with E-state index in [2.05, 4.69) is 34.7 Å². The molecule has 1 rings (SSSR count). The molecule has 0 aliphatic rings. The molecule has 128 valence electrons. The van der Waals surface area contributed by atoms with Gasteiger partial charge in [-0.05, 0) is 31.5 Å². The second kappa shape index (κ2) is 10.0. The summed E-state index contributed by atoms with van der Waals surface area (Å²) in [5, 5.41) is 5.61. The van der Waals surface area contributed by atoms with E-state index >= 15 is 0 Å². The van der Waals surface area contributed by atoms with Crippen LogP contribution in [-0.2, 0) is 16.1 Å². The Kier molecular flexibility index (Phi) is 8.33. The standard InChI is InChI=1S/C18H29N3O2/c1-14(2)17(20-15(3)22)18(23)19-11-8-12-21(4)13-16-9-6-5-7-10-16/h5-7,9-10,14,17H,8,11-13H2,1-4H3,(H,19,23)(H,20,22). The Balaban J connectivity index is 2.27. The zero-order valence-electron chi connectivity index (χ0n) is 14.6. The molecule has 0 bridgehead atoms. The minimum atomic E-state index is -0.463. The van der Waals surface area contributed by atoms with Crippen LogP contribution < -0.4 is 10.6 Å². The third-order valence-corrected chi connectivity index (χ3v) is 3.62. The fraction of sp³-hybridized carbons (Fsp3) is 0.556. The van der Waals surface area contributed by atoms with E-state index in [0.717, 1.165) is 19.5 Å². The molecule has 0 heterocycles. The van der Waals surface area contributed by atoms with Gasteiger partial charge in [0.15, 0.2) is 0 Å². The number of nitrogens with zero attached hydrogens (tertiary/aromatic N) is 1. The number of amides is 2. The highest BCUT2D eigenvalue weighted by atomic mass is 16.2. The molecule has 2 amide bonds. The summed E-state index contributed by atoms with van der Waals surface area (Å²) in [6.45, 7) is 7.70. The molecule has 0 aliphatic heterocycles. The molecule has 0 aliphatic carbocycles. The van der Waals surface area contributed by atoms with Gasteiger partial charge >= 0.3 is 0 Å². The van der Waals surface area contributed by atoms with Crippen LogP contribution in [0.25, 0.3) is 0 Å². The molecule has 2 N–H and O–H groups in total. The van der Waals surface area contributed by atoms with Crippen molar-refractivity contribution in [2.24, 2.45) is 5.92 Å². The smallest absolute Gasteiger partial charge is 0.242 e. The van der Waals surface area contributed by atoms with Crippen LogP contribution in [0.1, 0.15) is 32.8 Å². The average molecular weight is 319 g/mol. The monoisotopic (exact) mass is 319 g/mol. The fourth-order valence-electron chi connectivity index (χ4n) is 2.40. The maximum atomic E-state index is 12.1. The van der Waals surface area contributed by atoms with Gasteiger partial charge in [-0.1, -0.05) is 44.2 Å². The maximum Gasteiger partial charge on any atom is 0.242 e. The first-order valence-electron chi connectivity index (χ1n) is 8.17. The molecule has 0 saturated carbocycles. The van der Waals surface area contributed by atoms with E-state index in [9.17, 15) is 9.59 Å². The average Bonchev–Trinajstić information content (AvgIpc) is 2.49. The molecule has 1 aromatic rings. The lowest BCUT2D eigenvalue weighted by atomic mass is 10.0. The first-order chi connectivity index (χ1) is 10.9. The van der Waals surface area contributed by atoms with E-state index in [-0.39, 0.29) is 17.7 Å². The molecule has 1 aromatic carbocycles. The van der Waals surface area contributed by atoms with Crippen molar-refractivity contribution in [3.8, 4) is 0 Å². The summed E-state index contributed by atoms with van der Waals surface area (Å²) in [5.41, 5.74) is 1.28. The van der Waals surface area contributed by atoms with Crippen LogP contribution in [0.4, 0.5) is 0 Å². The Bertz CT molecular complexity index is 488. The summed E-state index contributed by atoms with van der Waals surface area (Å²) in [4.78, 5) is 25.5. The van der Waals surface area contributed by atoms with Gasteiger partial charge in [0.05, 0.1) is 0 Å². The molecule has 1 unspecified atom stereocenters. The van der Waals surface area contributed by atoms with E-state index in [1.54, 1.807) is 0 Å². The predicted octanol–water partition coefficient (Wildman–Crippen LogP) is 1.79. The van der Waals surface area contributed by atoms with Crippen LogP contribution in [0, 0.1) is 5.92 Å². The summed E-state index contributed by atoms with van der Waals surface area (Å²) in [7, 11) is 2.07. The highest BCUT2D eigenvalue weighted by Gasteiger charge is 2.22. The second-order valence-corrected chi connectivity index (χ2v) is 6.29. The largest absolute Gasteiger partial charge is 0.354 e. The molecule has 0 saturated heterocycles. The van der Waals surface area contributed by atoms with Crippen molar-refractivity contribution in [3.05, 3.63) is 35.9 Å². The van der Waals surface area contributed by atoms with Crippen LogP contribution in [-0.4, -0.2) is 42.9 Å². The Hall–Kier alpha value is -1.88. The molecule has 5 nitrogen and oxygen atoms in total. The highest BCUT2D eigenvalue weighted by molar-refractivity contribution is 5.86. The van der Waals surface area contributed by atoms with Gasteiger partial charge in [0.25, 0.3) is 0 Å². The van der Waals surface area contributed by atoms with Crippen LogP contribution in [0.15, 0.2) is 30.3 Å². The zero-order valence-corrected chi connectivity index (χ0v) is 14.6. The van der Waals surface area contributed by atoms with Gasteiger partial charge < -0.3 is 15.5 Å². The van der Waals surface area contributed by atoms with E-state index in [4.69, 9.17) is 0 Å². The van der Waals surface area contributed by atoms with Gasteiger partial charge in [0, 0.05) is 20.0 Å². The Morgan fingerprint density at radius 1 is 1.17 bits per heavy atom. The van der Waals surface area contributed by atoms with Gasteiger partial charge in [-0.3, -0.25) is 9.59 Å². The lowest BCUT2D eigenvalue weighted by Crippen LogP contribution is -2.49. The second-order valence-electron chi connectivity index (χ2n) is 6.29. The van der Waals surface area contributed by atoms with Crippen molar-refractivity contribution in [2.45, 2.75) is 39.8 Å². The number of rotatable bonds is 9. The van der Waals surface area contributed by atoms with E-state index in [1.807, 2.05) is 32.0 Å².